The molecule has 2 N–H and O–H groups in total. The van der Waals surface area contributed by atoms with Crippen molar-refractivity contribution >= 4 is 29.5 Å². The van der Waals surface area contributed by atoms with Gasteiger partial charge in [-0.3, -0.25) is 14.4 Å². The predicted molar refractivity (Wildman–Crippen MR) is 151 cm³/mol. The number of rotatable bonds is 6. The Labute approximate surface area is 234 Å². The second kappa shape index (κ2) is 13.9. The lowest BCUT2D eigenvalue weighted by molar-refractivity contribution is -0.141. The monoisotopic (exact) mass is 556 g/mol. The number of hydrogen-bond donors (Lipinski definition) is 2. The van der Waals surface area contributed by atoms with Crippen LogP contribution >= 0.6 is 11.8 Å². The number of aromatic nitrogens is 3. The van der Waals surface area contributed by atoms with E-state index in [0.717, 1.165) is 17.7 Å². The maximum absolute atomic E-state index is 13.5. The molecule has 1 saturated heterocycles. The van der Waals surface area contributed by atoms with Crippen LogP contribution in [0.4, 0.5) is 0 Å². The first kappa shape index (κ1) is 29.1. The summed E-state index contributed by atoms with van der Waals surface area (Å²) < 4.78 is 7.51. The molecule has 0 radical (unpaired) electrons. The van der Waals surface area contributed by atoms with Crippen LogP contribution in [0.2, 0.25) is 0 Å². The number of carbonyl (C=O) groups is 3. The first-order chi connectivity index (χ1) is 18.9. The van der Waals surface area contributed by atoms with Crippen molar-refractivity contribution in [3.8, 4) is 11.4 Å². The van der Waals surface area contributed by atoms with Crippen molar-refractivity contribution in [2.24, 2.45) is 5.92 Å². The molecular weight excluding hydrogens is 516 g/mol. The molecule has 3 amide bonds. The van der Waals surface area contributed by atoms with Crippen molar-refractivity contribution in [3.63, 3.8) is 0 Å². The van der Waals surface area contributed by atoms with E-state index in [1.807, 2.05) is 55.1 Å². The SMILES string of the molecule is CSCC[C@@H]1NC(=O)CCCN(C(=O)[C@@H]2CCCO2)CCn2nc(-c3ccccc3)nc2[C@@H](C(C)C)NC1=O. The molecule has 0 saturated carbocycles. The Morgan fingerprint density at radius 2 is 1.92 bits per heavy atom. The summed E-state index contributed by atoms with van der Waals surface area (Å²) in [7, 11) is 0. The fourth-order valence-corrected chi connectivity index (χ4v) is 5.44. The number of fused-ring (bicyclic) bond motifs is 1. The Morgan fingerprint density at radius 3 is 2.62 bits per heavy atom. The summed E-state index contributed by atoms with van der Waals surface area (Å²) in [6.07, 6.45) is 4.37. The third-order valence-corrected chi connectivity index (χ3v) is 7.81. The molecule has 1 aromatic heterocycles. The summed E-state index contributed by atoms with van der Waals surface area (Å²) >= 11 is 1.63. The van der Waals surface area contributed by atoms with Crippen LogP contribution in [0.3, 0.4) is 0 Å². The van der Waals surface area contributed by atoms with Gasteiger partial charge in [0.15, 0.2) is 11.6 Å². The van der Waals surface area contributed by atoms with Gasteiger partial charge in [-0.05, 0) is 43.6 Å². The van der Waals surface area contributed by atoms with Crippen LogP contribution in [0.25, 0.3) is 11.4 Å². The molecule has 212 valence electrons. The van der Waals surface area contributed by atoms with Crippen molar-refractivity contribution in [1.82, 2.24) is 30.3 Å². The maximum Gasteiger partial charge on any atom is 0.251 e. The lowest BCUT2D eigenvalue weighted by atomic mass is 10.0. The topological polar surface area (TPSA) is 118 Å². The van der Waals surface area contributed by atoms with Crippen molar-refractivity contribution in [3.05, 3.63) is 36.2 Å². The third-order valence-electron chi connectivity index (χ3n) is 7.17. The second-order valence-electron chi connectivity index (χ2n) is 10.4. The minimum absolute atomic E-state index is 0.00922. The lowest BCUT2D eigenvalue weighted by Gasteiger charge is -2.28. The van der Waals surface area contributed by atoms with Gasteiger partial charge >= 0.3 is 0 Å². The Bertz CT molecular complexity index is 1120. The molecule has 1 aromatic carbocycles. The number of hydrogen-bond acceptors (Lipinski definition) is 7. The number of nitrogens with zero attached hydrogens (tertiary/aromatic N) is 4. The molecule has 3 atom stereocenters. The van der Waals surface area contributed by atoms with Gasteiger partial charge in [-0.1, -0.05) is 44.2 Å². The highest BCUT2D eigenvalue weighted by atomic mass is 32.2. The summed E-state index contributed by atoms with van der Waals surface area (Å²) in [6, 6.07) is 8.65. The van der Waals surface area contributed by atoms with Gasteiger partial charge in [0.25, 0.3) is 5.91 Å². The van der Waals surface area contributed by atoms with E-state index in [9.17, 15) is 14.4 Å². The highest BCUT2D eigenvalue weighted by molar-refractivity contribution is 7.98. The minimum atomic E-state index is -0.649. The van der Waals surface area contributed by atoms with Crippen LogP contribution in [-0.2, 0) is 25.7 Å². The number of carbonyl (C=O) groups excluding carboxylic acids is 3. The molecule has 0 aliphatic carbocycles. The molecule has 3 heterocycles. The van der Waals surface area contributed by atoms with Crippen LogP contribution < -0.4 is 10.6 Å². The second-order valence-corrected chi connectivity index (χ2v) is 11.4. The zero-order chi connectivity index (χ0) is 27.8. The number of ether oxygens (including phenoxy) is 1. The summed E-state index contributed by atoms with van der Waals surface area (Å²) in [5, 5.41) is 10.9. The van der Waals surface area contributed by atoms with E-state index in [0.29, 0.717) is 57.2 Å². The summed E-state index contributed by atoms with van der Waals surface area (Å²) in [5.41, 5.74) is 0.877. The molecule has 39 heavy (non-hydrogen) atoms. The fraction of sp³-hybridized carbons (Fsp3) is 0.607. The normalized spacial score (nSPS) is 23.2. The number of amides is 3. The van der Waals surface area contributed by atoms with Crippen molar-refractivity contribution in [1.29, 1.82) is 0 Å². The number of thioether (sulfide) groups is 1. The molecule has 2 aliphatic heterocycles. The molecular formula is C28H40N6O4S. The Balaban J connectivity index is 1.70. The molecule has 4 rings (SSSR count). The van der Waals surface area contributed by atoms with Gasteiger partial charge in [0.05, 0.1) is 12.6 Å². The minimum Gasteiger partial charge on any atom is -0.368 e. The molecule has 0 bridgehead atoms. The molecule has 10 nitrogen and oxygen atoms in total. The van der Waals surface area contributed by atoms with Crippen LogP contribution in [0.1, 0.15) is 57.8 Å². The van der Waals surface area contributed by atoms with Crippen molar-refractivity contribution in [2.75, 3.05) is 31.7 Å². The molecule has 1 fully saturated rings. The summed E-state index contributed by atoms with van der Waals surface area (Å²) in [5.74, 6) is 1.50. The molecule has 11 heteroatoms. The zero-order valence-corrected chi connectivity index (χ0v) is 23.9. The van der Waals surface area contributed by atoms with E-state index in [4.69, 9.17) is 14.8 Å². The third kappa shape index (κ3) is 7.60. The van der Waals surface area contributed by atoms with E-state index in [1.54, 1.807) is 16.7 Å². The molecule has 2 aromatic rings. The molecule has 0 spiro atoms. The number of nitrogens with one attached hydrogen (secondary N) is 2. The molecule has 0 unspecified atom stereocenters. The van der Waals surface area contributed by atoms with E-state index in [1.165, 1.54) is 0 Å². The van der Waals surface area contributed by atoms with Crippen LogP contribution in [-0.4, -0.2) is 81.2 Å². The van der Waals surface area contributed by atoms with Crippen LogP contribution in [0.15, 0.2) is 30.3 Å². The Morgan fingerprint density at radius 1 is 1.13 bits per heavy atom. The maximum atomic E-state index is 13.5. The predicted octanol–water partition coefficient (Wildman–Crippen LogP) is 2.80. The average molecular weight is 557 g/mol. The molecule has 2 aliphatic rings. The van der Waals surface area contributed by atoms with E-state index in [2.05, 4.69) is 10.6 Å². The van der Waals surface area contributed by atoms with Crippen LogP contribution in [0.5, 0.6) is 0 Å². The highest BCUT2D eigenvalue weighted by Gasteiger charge is 2.32. The summed E-state index contributed by atoms with van der Waals surface area (Å²) in [4.78, 5) is 46.3. The summed E-state index contributed by atoms with van der Waals surface area (Å²) in [6.45, 7) is 5.88. The van der Waals surface area contributed by atoms with Crippen molar-refractivity contribution in [2.45, 2.75) is 70.7 Å². The zero-order valence-electron chi connectivity index (χ0n) is 23.1. The fourth-order valence-electron chi connectivity index (χ4n) is 4.97. The quantitative estimate of drug-likeness (QED) is 0.562. The first-order valence-electron chi connectivity index (χ1n) is 13.9. The number of benzene rings is 1. The Hall–Kier alpha value is -2.92. The van der Waals surface area contributed by atoms with Crippen molar-refractivity contribution < 1.29 is 19.1 Å². The van der Waals surface area contributed by atoms with E-state index >= 15 is 0 Å². The first-order valence-corrected chi connectivity index (χ1v) is 15.3. The van der Waals surface area contributed by atoms with Gasteiger partial charge in [-0.25, -0.2) is 9.67 Å². The Kier molecular flexibility index (Phi) is 10.4. The lowest BCUT2D eigenvalue weighted by Crippen LogP contribution is -2.49. The largest absolute Gasteiger partial charge is 0.368 e. The highest BCUT2D eigenvalue weighted by Crippen LogP contribution is 2.25. The van der Waals surface area contributed by atoms with Gasteiger partial charge in [0, 0.05) is 31.7 Å². The van der Waals surface area contributed by atoms with Gasteiger partial charge in [-0.15, -0.1) is 0 Å². The van der Waals surface area contributed by atoms with Gasteiger partial charge in [0.2, 0.25) is 11.8 Å². The smallest absolute Gasteiger partial charge is 0.251 e. The van der Waals surface area contributed by atoms with Gasteiger partial charge < -0.3 is 20.3 Å². The standard InChI is InChI=1S/C28H40N6O4S/c1-19(2)24-26-31-25(20-9-5-4-6-10-20)32-34(26)16-15-33(28(37)22-11-8-17-38-22)14-7-12-23(35)29-21(13-18-39-3)27(36)30-24/h4-6,9-10,19,21-22,24H,7-8,11-18H2,1-3H3,(H,29,35)(H,30,36)/t21-,22-,24+/m0/s1. The average Bonchev–Trinajstić information content (AvgIpc) is 3.62. The van der Waals surface area contributed by atoms with Crippen LogP contribution in [0, 0.1) is 5.92 Å². The van der Waals surface area contributed by atoms with Gasteiger partial charge in [0.1, 0.15) is 12.1 Å². The van der Waals surface area contributed by atoms with E-state index in [-0.39, 0.29) is 30.1 Å². The van der Waals surface area contributed by atoms with E-state index < -0.39 is 18.2 Å². The van der Waals surface area contributed by atoms with Gasteiger partial charge in [-0.2, -0.15) is 16.9 Å².